The van der Waals surface area contributed by atoms with E-state index in [1.807, 2.05) is 36.7 Å². The van der Waals surface area contributed by atoms with Crippen LogP contribution in [0.1, 0.15) is 11.1 Å². The molecule has 0 unspecified atom stereocenters. The summed E-state index contributed by atoms with van der Waals surface area (Å²) in [6.45, 7) is 4.90. The van der Waals surface area contributed by atoms with Crippen molar-refractivity contribution in [2.45, 2.75) is 6.54 Å². The molecule has 0 bridgehead atoms. The van der Waals surface area contributed by atoms with Crippen molar-refractivity contribution in [3.63, 3.8) is 0 Å². The van der Waals surface area contributed by atoms with E-state index in [0.29, 0.717) is 0 Å². The first kappa shape index (κ1) is 20.7. The molecular weight excluding hydrogens is 417 g/mol. The van der Waals surface area contributed by atoms with Crippen molar-refractivity contribution < 1.29 is 17.0 Å². The molecule has 0 aliphatic carbocycles. The van der Waals surface area contributed by atoms with E-state index in [2.05, 4.69) is 55.4 Å². The molecule has 0 atom stereocenters. The van der Waals surface area contributed by atoms with E-state index < -0.39 is 0 Å². The molecule has 30 heavy (non-hydrogen) atoms. The van der Waals surface area contributed by atoms with Crippen LogP contribution in [0.4, 0.5) is 17.1 Å². The van der Waals surface area contributed by atoms with Crippen LogP contribution in [0.2, 0.25) is 5.02 Å². The fraction of sp³-hybridized carbons (Fsp3) is 0.217. The fourth-order valence-corrected chi connectivity index (χ4v) is 4.17. The zero-order valence-electron chi connectivity index (χ0n) is 16.5. The van der Waals surface area contributed by atoms with Crippen LogP contribution >= 0.6 is 11.6 Å². The molecule has 1 saturated heterocycles. The lowest BCUT2D eigenvalue weighted by atomic mass is 10.1. The van der Waals surface area contributed by atoms with Gasteiger partial charge in [-0.15, -0.1) is 0 Å². The van der Waals surface area contributed by atoms with Crippen molar-refractivity contribution in [3.8, 4) is 0 Å². The number of nitrogens with one attached hydrogen (secondary N) is 2. The Hall–Kier alpha value is -2.60. The van der Waals surface area contributed by atoms with Gasteiger partial charge < -0.3 is 17.7 Å². The zero-order chi connectivity index (χ0) is 19.6. The Morgan fingerprint density at radius 3 is 2.57 bits per heavy atom. The molecule has 2 aliphatic heterocycles. The van der Waals surface area contributed by atoms with Gasteiger partial charge in [-0.05, 0) is 35.9 Å². The molecule has 7 heteroatoms. The van der Waals surface area contributed by atoms with Crippen LogP contribution in [0, 0.1) is 0 Å². The van der Waals surface area contributed by atoms with Gasteiger partial charge >= 0.3 is 0 Å². The Morgan fingerprint density at radius 1 is 0.933 bits per heavy atom. The number of rotatable bonds is 2. The maximum absolute atomic E-state index is 6.27. The quantitative estimate of drug-likeness (QED) is 0.588. The van der Waals surface area contributed by atoms with E-state index in [9.17, 15) is 0 Å². The SMILES string of the molecule is Clc1ccc2c(c1)NC(=[N+]1CCN(Cc3cccnc3)CC1)c1ccccc1N2.[Cl-]. The van der Waals surface area contributed by atoms with E-state index in [1.54, 1.807) is 0 Å². The van der Waals surface area contributed by atoms with Gasteiger partial charge in [0.15, 0.2) is 0 Å². The van der Waals surface area contributed by atoms with Gasteiger partial charge in [0.25, 0.3) is 5.84 Å². The van der Waals surface area contributed by atoms with Crippen LogP contribution in [-0.2, 0) is 6.54 Å². The predicted molar refractivity (Wildman–Crippen MR) is 118 cm³/mol. The van der Waals surface area contributed by atoms with Crippen molar-refractivity contribution in [2.75, 3.05) is 36.8 Å². The highest BCUT2D eigenvalue weighted by atomic mass is 35.5. The van der Waals surface area contributed by atoms with Gasteiger partial charge in [0.05, 0.1) is 30.0 Å². The van der Waals surface area contributed by atoms with Gasteiger partial charge in [-0.25, -0.2) is 5.32 Å². The highest BCUT2D eigenvalue weighted by Crippen LogP contribution is 2.33. The molecule has 154 valence electrons. The van der Waals surface area contributed by atoms with E-state index in [-0.39, 0.29) is 12.4 Å². The summed E-state index contributed by atoms with van der Waals surface area (Å²) in [4.78, 5) is 6.72. The Bertz CT molecular complexity index is 1060. The lowest BCUT2D eigenvalue weighted by Crippen LogP contribution is -3.00. The molecule has 2 aliphatic rings. The number of para-hydroxylation sites is 1. The summed E-state index contributed by atoms with van der Waals surface area (Å²) < 4.78 is 2.44. The lowest BCUT2D eigenvalue weighted by molar-refractivity contribution is -0.539. The Morgan fingerprint density at radius 2 is 1.77 bits per heavy atom. The second-order valence-corrected chi connectivity index (χ2v) is 7.90. The Balaban J connectivity index is 0.00000218. The monoisotopic (exact) mass is 439 g/mol. The number of piperazine rings is 1. The topological polar surface area (TPSA) is 43.2 Å². The van der Waals surface area contributed by atoms with Crippen LogP contribution in [0.15, 0.2) is 67.0 Å². The van der Waals surface area contributed by atoms with Gasteiger partial charge in [-0.2, -0.15) is 0 Å². The van der Waals surface area contributed by atoms with E-state index in [1.165, 1.54) is 11.1 Å². The molecule has 0 amide bonds. The number of aromatic nitrogens is 1. The van der Waals surface area contributed by atoms with Crippen molar-refractivity contribution in [2.24, 2.45) is 0 Å². The molecular formula is C23H23Cl2N5. The third-order valence-electron chi connectivity index (χ3n) is 5.50. The maximum atomic E-state index is 6.27. The van der Waals surface area contributed by atoms with Crippen LogP contribution in [0.5, 0.6) is 0 Å². The van der Waals surface area contributed by atoms with Gasteiger partial charge in [0.2, 0.25) is 0 Å². The average Bonchev–Trinajstić information content (AvgIpc) is 2.92. The predicted octanol–water partition coefficient (Wildman–Crippen LogP) is 1.18. The minimum atomic E-state index is 0. The first-order valence-electron chi connectivity index (χ1n) is 9.92. The van der Waals surface area contributed by atoms with Gasteiger partial charge in [-0.1, -0.05) is 29.8 Å². The van der Waals surface area contributed by atoms with E-state index in [4.69, 9.17) is 11.6 Å². The van der Waals surface area contributed by atoms with Crippen molar-refractivity contribution in [1.82, 2.24) is 9.88 Å². The summed E-state index contributed by atoms with van der Waals surface area (Å²) in [5.41, 5.74) is 5.59. The first-order chi connectivity index (χ1) is 14.3. The number of hydrogen-bond donors (Lipinski definition) is 2. The molecule has 5 nitrogen and oxygen atoms in total. The van der Waals surface area contributed by atoms with Gasteiger partial charge in [-0.3, -0.25) is 14.5 Å². The summed E-state index contributed by atoms with van der Waals surface area (Å²) in [6.07, 6.45) is 3.78. The van der Waals surface area contributed by atoms with Crippen LogP contribution in [-0.4, -0.2) is 46.5 Å². The number of hydrogen-bond acceptors (Lipinski definition) is 3. The number of fused-ring (bicyclic) bond motifs is 2. The number of benzene rings is 2. The molecule has 0 saturated carbocycles. The Labute approximate surface area is 187 Å². The third-order valence-corrected chi connectivity index (χ3v) is 5.74. The molecule has 2 aromatic carbocycles. The molecule has 2 N–H and O–H groups in total. The molecule has 3 aromatic rings. The smallest absolute Gasteiger partial charge is 0.284 e. The molecule has 5 rings (SSSR count). The van der Waals surface area contributed by atoms with Crippen molar-refractivity contribution >= 4 is 34.5 Å². The van der Waals surface area contributed by atoms with Gasteiger partial charge in [0, 0.05) is 43.1 Å². The lowest BCUT2D eigenvalue weighted by Gasteiger charge is -2.28. The first-order valence-corrected chi connectivity index (χ1v) is 10.3. The second-order valence-electron chi connectivity index (χ2n) is 7.46. The minimum Gasteiger partial charge on any atom is -1.00 e. The highest BCUT2D eigenvalue weighted by Gasteiger charge is 2.28. The summed E-state index contributed by atoms with van der Waals surface area (Å²) >= 11 is 6.27. The van der Waals surface area contributed by atoms with Crippen LogP contribution < -0.4 is 23.0 Å². The van der Waals surface area contributed by atoms with Crippen molar-refractivity contribution in [3.05, 3.63) is 83.1 Å². The standard InChI is InChI=1S/C23H22ClN5.ClH/c24-18-7-8-21-22(14-18)27-23(19-5-1-2-6-20(19)26-21)29-12-10-28(11-13-29)16-17-4-3-9-25-15-17;/h1-9,14-15H,10-13,16H2,(H,26,27);1H. The third kappa shape index (κ3) is 4.29. The number of halogens is 2. The largest absolute Gasteiger partial charge is 1.00 e. The molecule has 0 spiro atoms. The Kier molecular flexibility index (Phi) is 6.23. The normalized spacial score (nSPS) is 15.8. The molecule has 1 fully saturated rings. The van der Waals surface area contributed by atoms with Crippen molar-refractivity contribution in [1.29, 1.82) is 0 Å². The summed E-state index contributed by atoms with van der Waals surface area (Å²) in [6, 6.07) is 18.5. The zero-order valence-corrected chi connectivity index (χ0v) is 18.0. The number of nitrogens with zero attached hydrogens (tertiary/aromatic N) is 3. The van der Waals surface area contributed by atoms with Crippen LogP contribution in [0.3, 0.4) is 0 Å². The van der Waals surface area contributed by atoms with Gasteiger partial charge in [0.1, 0.15) is 5.69 Å². The molecule has 3 heterocycles. The number of amidine groups is 1. The van der Waals surface area contributed by atoms with E-state index in [0.717, 1.165) is 60.6 Å². The molecule has 0 radical (unpaired) electrons. The average molecular weight is 440 g/mol. The summed E-state index contributed by atoms with van der Waals surface area (Å²) in [5, 5.41) is 7.94. The van der Waals surface area contributed by atoms with E-state index >= 15 is 0 Å². The number of pyridine rings is 1. The highest BCUT2D eigenvalue weighted by molar-refractivity contribution is 6.31. The summed E-state index contributed by atoms with van der Waals surface area (Å²) in [5.74, 6) is 1.13. The fourth-order valence-electron chi connectivity index (χ4n) is 4.00. The molecule has 1 aromatic heterocycles. The second kappa shape index (κ2) is 9.04. The number of anilines is 3. The summed E-state index contributed by atoms with van der Waals surface area (Å²) in [7, 11) is 0. The minimum absolute atomic E-state index is 0. The maximum Gasteiger partial charge on any atom is 0.284 e. The van der Waals surface area contributed by atoms with Crippen LogP contribution in [0.25, 0.3) is 0 Å².